The molecule has 2 aromatic rings. The largest absolute Gasteiger partial charge is 0.373 e. The maximum absolute atomic E-state index is 13.9. The van der Waals surface area contributed by atoms with Crippen LogP contribution in [0.1, 0.15) is 31.2 Å². The standard InChI is InChI=1S/C17H17F2N/c18-14-8-9-15(19)16(12-14)20-17(10-4-5-11-17)13-6-2-1-3-7-13/h1-3,6-9,12,20H,4-5,10-11H2. The molecule has 1 fully saturated rings. The summed E-state index contributed by atoms with van der Waals surface area (Å²) in [6.07, 6.45) is 4.07. The lowest BCUT2D eigenvalue weighted by Gasteiger charge is -2.32. The van der Waals surface area contributed by atoms with Crippen molar-refractivity contribution in [2.75, 3.05) is 5.32 Å². The van der Waals surface area contributed by atoms with E-state index in [1.807, 2.05) is 18.2 Å². The fourth-order valence-corrected chi connectivity index (χ4v) is 3.07. The molecule has 0 spiro atoms. The molecule has 0 amide bonds. The van der Waals surface area contributed by atoms with Gasteiger partial charge in [-0.1, -0.05) is 43.2 Å². The maximum Gasteiger partial charge on any atom is 0.146 e. The van der Waals surface area contributed by atoms with E-state index in [1.54, 1.807) is 0 Å². The van der Waals surface area contributed by atoms with Crippen LogP contribution in [0, 0.1) is 11.6 Å². The second-order valence-electron chi connectivity index (χ2n) is 5.40. The molecule has 0 aromatic heterocycles. The van der Waals surface area contributed by atoms with Gasteiger partial charge in [0.25, 0.3) is 0 Å². The average Bonchev–Trinajstić information content (AvgIpc) is 2.94. The minimum atomic E-state index is -0.421. The lowest BCUT2D eigenvalue weighted by Crippen LogP contribution is -2.32. The highest BCUT2D eigenvalue weighted by atomic mass is 19.1. The van der Waals surface area contributed by atoms with Gasteiger partial charge in [-0.25, -0.2) is 8.78 Å². The van der Waals surface area contributed by atoms with Gasteiger partial charge in [0.1, 0.15) is 11.6 Å². The summed E-state index contributed by atoms with van der Waals surface area (Å²) in [4.78, 5) is 0. The number of hydrogen-bond acceptors (Lipinski definition) is 1. The Hall–Kier alpha value is -1.90. The van der Waals surface area contributed by atoms with Crippen molar-refractivity contribution in [3.8, 4) is 0 Å². The zero-order valence-electron chi connectivity index (χ0n) is 11.2. The summed E-state index contributed by atoms with van der Waals surface area (Å²) in [7, 11) is 0. The summed E-state index contributed by atoms with van der Waals surface area (Å²) in [6, 6.07) is 13.6. The van der Waals surface area contributed by atoms with Gasteiger partial charge in [-0.3, -0.25) is 0 Å². The van der Waals surface area contributed by atoms with Crippen molar-refractivity contribution in [1.29, 1.82) is 0 Å². The number of anilines is 1. The van der Waals surface area contributed by atoms with Crippen molar-refractivity contribution in [3.05, 3.63) is 65.7 Å². The van der Waals surface area contributed by atoms with Crippen molar-refractivity contribution >= 4 is 5.69 Å². The summed E-state index contributed by atoms with van der Waals surface area (Å²) < 4.78 is 27.2. The normalized spacial score (nSPS) is 17.1. The van der Waals surface area contributed by atoms with Gasteiger partial charge < -0.3 is 5.32 Å². The molecule has 0 aliphatic heterocycles. The third-order valence-electron chi connectivity index (χ3n) is 4.09. The molecule has 0 unspecified atom stereocenters. The molecule has 0 saturated heterocycles. The number of halogens is 2. The highest BCUT2D eigenvalue weighted by molar-refractivity contribution is 5.50. The predicted octanol–water partition coefficient (Wildman–Crippen LogP) is 4.85. The lowest BCUT2D eigenvalue weighted by molar-refractivity contribution is 0.500. The van der Waals surface area contributed by atoms with Crippen molar-refractivity contribution in [2.45, 2.75) is 31.2 Å². The van der Waals surface area contributed by atoms with E-state index in [0.717, 1.165) is 37.3 Å². The third kappa shape index (κ3) is 2.40. The van der Waals surface area contributed by atoms with Crippen molar-refractivity contribution in [3.63, 3.8) is 0 Å². The first-order valence-electron chi connectivity index (χ1n) is 6.98. The van der Waals surface area contributed by atoms with Crippen LogP contribution in [-0.4, -0.2) is 0 Å². The van der Waals surface area contributed by atoms with Crippen LogP contribution in [0.15, 0.2) is 48.5 Å². The lowest BCUT2D eigenvalue weighted by atomic mass is 9.88. The van der Waals surface area contributed by atoms with Gasteiger partial charge in [0.05, 0.1) is 11.2 Å². The molecular weight excluding hydrogens is 256 g/mol. The Balaban J connectivity index is 1.98. The van der Waals surface area contributed by atoms with Gasteiger partial charge >= 0.3 is 0 Å². The Morgan fingerprint density at radius 1 is 0.900 bits per heavy atom. The molecule has 2 aromatic carbocycles. The predicted molar refractivity (Wildman–Crippen MR) is 76.6 cm³/mol. The first-order chi connectivity index (χ1) is 9.70. The Kier molecular flexibility index (Phi) is 3.43. The zero-order chi connectivity index (χ0) is 14.0. The van der Waals surface area contributed by atoms with Crippen LogP contribution in [0.2, 0.25) is 0 Å². The minimum Gasteiger partial charge on any atom is -0.373 e. The molecule has 0 atom stereocenters. The second kappa shape index (κ2) is 5.23. The Labute approximate surface area is 117 Å². The average molecular weight is 273 g/mol. The van der Waals surface area contributed by atoms with Crippen LogP contribution < -0.4 is 5.32 Å². The van der Waals surface area contributed by atoms with Gasteiger partial charge in [0.15, 0.2) is 0 Å². The molecule has 1 N–H and O–H groups in total. The van der Waals surface area contributed by atoms with E-state index < -0.39 is 11.6 Å². The summed E-state index contributed by atoms with van der Waals surface area (Å²) in [6.45, 7) is 0. The van der Waals surface area contributed by atoms with Gasteiger partial charge in [-0.15, -0.1) is 0 Å². The summed E-state index contributed by atoms with van der Waals surface area (Å²) in [5, 5.41) is 3.26. The highest BCUT2D eigenvalue weighted by Crippen LogP contribution is 2.42. The SMILES string of the molecule is Fc1ccc(F)c(NC2(c3ccccc3)CCCC2)c1. The molecule has 0 bridgehead atoms. The minimum absolute atomic E-state index is 0.246. The Morgan fingerprint density at radius 3 is 2.30 bits per heavy atom. The maximum atomic E-state index is 13.9. The van der Waals surface area contributed by atoms with E-state index in [9.17, 15) is 8.78 Å². The van der Waals surface area contributed by atoms with Gasteiger partial charge in [0, 0.05) is 0 Å². The second-order valence-corrected chi connectivity index (χ2v) is 5.40. The molecule has 1 nitrogen and oxygen atoms in total. The van der Waals surface area contributed by atoms with Crippen LogP contribution in [0.5, 0.6) is 0 Å². The molecule has 104 valence electrons. The highest BCUT2D eigenvalue weighted by Gasteiger charge is 2.35. The zero-order valence-corrected chi connectivity index (χ0v) is 11.2. The molecule has 0 heterocycles. The Bertz CT molecular complexity index is 589. The topological polar surface area (TPSA) is 12.0 Å². The molecule has 3 rings (SSSR count). The van der Waals surface area contributed by atoms with E-state index in [1.165, 1.54) is 12.1 Å². The van der Waals surface area contributed by atoms with E-state index in [2.05, 4.69) is 17.4 Å². The van der Waals surface area contributed by atoms with Gasteiger partial charge in [0.2, 0.25) is 0 Å². The monoisotopic (exact) mass is 273 g/mol. The molecule has 0 radical (unpaired) electrons. The van der Waals surface area contributed by atoms with Crippen molar-refractivity contribution in [1.82, 2.24) is 0 Å². The quantitative estimate of drug-likeness (QED) is 0.843. The summed E-state index contributed by atoms with van der Waals surface area (Å²) in [5.74, 6) is -0.830. The molecule has 1 saturated carbocycles. The fourth-order valence-electron chi connectivity index (χ4n) is 3.07. The molecule has 20 heavy (non-hydrogen) atoms. The number of hydrogen-bond donors (Lipinski definition) is 1. The van der Waals surface area contributed by atoms with Crippen molar-refractivity contribution in [2.24, 2.45) is 0 Å². The first kappa shape index (κ1) is 13.1. The van der Waals surface area contributed by atoms with Crippen LogP contribution in [0.25, 0.3) is 0 Å². The van der Waals surface area contributed by atoms with Crippen LogP contribution in [0.4, 0.5) is 14.5 Å². The van der Waals surface area contributed by atoms with Crippen molar-refractivity contribution < 1.29 is 8.78 Å². The van der Waals surface area contributed by atoms with Crippen LogP contribution in [-0.2, 0) is 5.54 Å². The first-order valence-corrected chi connectivity index (χ1v) is 6.98. The fraction of sp³-hybridized carbons (Fsp3) is 0.294. The summed E-state index contributed by atoms with van der Waals surface area (Å²) in [5.41, 5.74) is 1.10. The van der Waals surface area contributed by atoms with Crippen LogP contribution in [0.3, 0.4) is 0 Å². The van der Waals surface area contributed by atoms with Gasteiger partial charge in [-0.2, -0.15) is 0 Å². The van der Waals surface area contributed by atoms with E-state index in [4.69, 9.17) is 0 Å². The van der Waals surface area contributed by atoms with E-state index in [-0.39, 0.29) is 11.2 Å². The molecule has 1 aliphatic carbocycles. The van der Waals surface area contributed by atoms with E-state index in [0.29, 0.717) is 0 Å². The molecule has 3 heteroatoms. The van der Waals surface area contributed by atoms with Crippen LogP contribution >= 0.6 is 0 Å². The number of benzene rings is 2. The van der Waals surface area contributed by atoms with Gasteiger partial charge in [-0.05, 0) is 36.6 Å². The molecular formula is C17H17F2N. The smallest absolute Gasteiger partial charge is 0.146 e. The Morgan fingerprint density at radius 2 is 1.60 bits per heavy atom. The number of rotatable bonds is 3. The summed E-state index contributed by atoms with van der Waals surface area (Å²) >= 11 is 0. The third-order valence-corrected chi connectivity index (χ3v) is 4.09. The van der Waals surface area contributed by atoms with E-state index >= 15 is 0 Å². The molecule has 1 aliphatic rings. The number of nitrogens with one attached hydrogen (secondary N) is 1.